The molecular formula is C24H23ClFN5O2S. The number of hydrogen-bond donors (Lipinski definition) is 2. The van der Waals surface area contributed by atoms with E-state index in [1.54, 1.807) is 19.1 Å². The van der Waals surface area contributed by atoms with Crippen LogP contribution < -0.4 is 16.0 Å². The van der Waals surface area contributed by atoms with Crippen molar-refractivity contribution in [3.8, 4) is 11.3 Å². The fraction of sp³-hybridized carbons (Fsp3) is 0.250. The summed E-state index contributed by atoms with van der Waals surface area (Å²) in [7, 11) is 0. The second-order valence-electron chi connectivity index (χ2n) is 8.26. The van der Waals surface area contributed by atoms with Crippen LogP contribution in [-0.4, -0.2) is 40.2 Å². The molecule has 3 heterocycles. The van der Waals surface area contributed by atoms with Gasteiger partial charge in [0.25, 0.3) is 11.1 Å². The van der Waals surface area contributed by atoms with E-state index in [1.807, 2.05) is 29.2 Å². The van der Waals surface area contributed by atoms with E-state index >= 15 is 4.39 Å². The first kappa shape index (κ1) is 24.1. The van der Waals surface area contributed by atoms with Gasteiger partial charge in [0.1, 0.15) is 11.6 Å². The number of nitrogens with zero attached hydrogens (tertiary/aromatic N) is 3. The van der Waals surface area contributed by atoms with E-state index in [-0.39, 0.29) is 24.3 Å². The molecule has 2 fully saturated rings. The van der Waals surface area contributed by atoms with Crippen molar-refractivity contribution in [3.05, 3.63) is 58.5 Å². The molecule has 2 saturated heterocycles. The van der Waals surface area contributed by atoms with Crippen LogP contribution in [0.2, 0.25) is 0 Å². The number of thioether (sulfide) groups is 1. The zero-order valence-electron chi connectivity index (χ0n) is 18.4. The van der Waals surface area contributed by atoms with Crippen molar-refractivity contribution >= 4 is 58.0 Å². The van der Waals surface area contributed by atoms with Gasteiger partial charge in [-0.2, -0.15) is 0 Å². The number of rotatable bonds is 3. The molecule has 2 aliphatic rings. The number of nitrogens with one attached hydrogen (secondary N) is 1. The van der Waals surface area contributed by atoms with Crippen LogP contribution in [0.3, 0.4) is 0 Å². The first-order chi connectivity index (χ1) is 15.9. The summed E-state index contributed by atoms with van der Waals surface area (Å²) in [4.78, 5) is 34.8. The summed E-state index contributed by atoms with van der Waals surface area (Å²) in [5.74, 6) is -0.159. The lowest BCUT2D eigenvalue weighted by Crippen LogP contribution is -2.43. The molecule has 5 rings (SSSR count). The van der Waals surface area contributed by atoms with Crippen molar-refractivity contribution in [1.29, 1.82) is 0 Å². The molecule has 0 aliphatic carbocycles. The van der Waals surface area contributed by atoms with Crippen LogP contribution >= 0.6 is 24.2 Å². The molecule has 0 radical (unpaired) electrons. The minimum absolute atomic E-state index is 0. The second kappa shape index (κ2) is 9.69. The van der Waals surface area contributed by atoms with E-state index in [4.69, 9.17) is 5.73 Å². The summed E-state index contributed by atoms with van der Waals surface area (Å²) >= 11 is 0.861. The SMILES string of the molecule is Cc1nc(-c2ccc(N3CCC[C@@H](N)C3)c(F)c2)c2cc(C=C3SC(=O)NC3=O)ccc2n1.Cl. The molecule has 0 unspecified atom stereocenters. The van der Waals surface area contributed by atoms with E-state index in [0.29, 0.717) is 39.7 Å². The predicted molar refractivity (Wildman–Crippen MR) is 135 cm³/mol. The quantitative estimate of drug-likeness (QED) is 0.514. The number of aryl methyl sites for hydroxylation is 1. The van der Waals surface area contributed by atoms with Gasteiger partial charge in [-0.15, -0.1) is 12.4 Å². The summed E-state index contributed by atoms with van der Waals surface area (Å²) in [5.41, 5.74) is 9.30. The van der Waals surface area contributed by atoms with Gasteiger partial charge in [0.05, 0.1) is 21.8 Å². The first-order valence-corrected chi connectivity index (χ1v) is 11.5. The third-order valence-corrected chi connectivity index (χ3v) is 6.60. The topological polar surface area (TPSA) is 101 Å². The fourth-order valence-corrected chi connectivity index (χ4v) is 4.97. The highest BCUT2D eigenvalue weighted by Gasteiger charge is 2.25. The van der Waals surface area contributed by atoms with Crippen molar-refractivity contribution in [1.82, 2.24) is 15.3 Å². The summed E-state index contributed by atoms with van der Waals surface area (Å²) in [6, 6.07) is 10.7. The molecule has 176 valence electrons. The van der Waals surface area contributed by atoms with E-state index in [2.05, 4.69) is 15.3 Å². The largest absolute Gasteiger partial charge is 0.368 e. The predicted octanol–water partition coefficient (Wildman–Crippen LogP) is 4.42. The van der Waals surface area contributed by atoms with Gasteiger partial charge in [-0.25, -0.2) is 14.4 Å². The van der Waals surface area contributed by atoms with Crippen molar-refractivity contribution in [2.45, 2.75) is 25.8 Å². The lowest BCUT2D eigenvalue weighted by molar-refractivity contribution is -0.115. The Hall–Kier alpha value is -3.01. The van der Waals surface area contributed by atoms with Crippen LogP contribution in [0.1, 0.15) is 24.2 Å². The number of anilines is 1. The maximum atomic E-state index is 15.2. The average molecular weight is 500 g/mol. The van der Waals surface area contributed by atoms with Crippen molar-refractivity contribution in [2.24, 2.45) is 5.73 Å². The number of aromatic nitrogens is 2. The van der Waals surface area contributed by atoms with Gasteiger partial charge in [-0.05, 0) is 67.4 Å². The average Bonchev–Trinajstić information content (AvgIpc) is 3.09. The highest BCUT2D eigenvalue weighted by molar-refractivity contribution is 8.18. The zero-order valence-corrected chi connectivity index (χ0v) is 20.0. The van der Waals surface area contributed by atoms with Crippen LogP contribution in [0, 0.1) is 12.7 Å². The maximum absolute atomic E-state index is 15.2. The number of amides is 2. The molecule has 2 aromatic carbocycles. The summed E-state index contributed by atoms with van der Waals surface area (Å²) < 4.78 is 15.2. The van der Waals surface area contributed by atoms with Gasteiger partial charge in [0.2, 0.25) is 0 Å². The van der Waals surface area contributed by atoms with Crippen LogP contribution in [0.5, 0.6) is 0 Å². The van der Waals surface area contributed by atoms with Gasteiger partial charge in [-0.1, -0.05) is 12.1 Å². The second-order valence-corrected chi connectivity index (χ2v) is 9.28. The Bertz CT molecular complexity index is 1330. The molecule has 1 atom stereocenters. The number of carbonyl (C=O) groups excluding carboxylic acids is 2. The van der Waals surface area contributed by atoms with Crippen molar-refractivity contribution in [2.75, 3.05) is 18.0 Å². The van der Waals surface area contributed by atoms with E-state index in [9.17, 15) is 9.59 Å². The Morgan fingerprint density at radius 1 is 1.21 bits per heavy atom. The smallest absolute Gasteiger partial charge is 0.290 e. The Labute approximate surface area is 206 Å². The zero-order chi connectivity index (χ0) is 23.1. The first-order valence-electron chi connectivity index (χ1n) is 10.7. The molecular weight excluding hydrogens is 477 g/mol. The number of carbonyl (C=O) groups is 2. The normalized spacial score (nSPS) is 19.4. The number of imide groups is 1. The standard InChI is InChI=1S/C24H22FN5O2S.ClH/c1-13-27-19-6-4-14(10-21-23(31)29-24(32)33-21)9-17(19)22(28-13)15-5-7-20(18(25)11-15)30-8-2-3-16(26)12-30;/h4-7,9-11,16H,2-3,8,12,26H2,1H3,(H,29,31,32);1H/t16-;/m1./s1. The van der Waals surface area contributed by atoms with Gasteiger partial charge in [0, 0.05) is 30.1 Å². The Morgan fingerprint density at radius 2 is 2.03 bits per heavy atom. The van der Waals surface area contributed by atoms with Gasteiger partial charge in [0.15, 0.2) is 0 Å². The highest BCUT2D eigenvalue weighted by Crippen LogP contribution is 2.32. The van der Waals surface area contributed by atoms with Gasteiger partial charge in [-0.3, -0.25) is 14.9 Å². The summed E-state index contributed by atoms with van der Waals surface area (Å²) in [6.45, 7) is 3.22. The molecule has 3 aromatic rings. The molecule has 10 heteroatoms. The Balaban J connectivity index is 0.00000274. The number of fused-ring (bicyclic) bond motifs is 1. The molecule has 0 saturated carbocycles. The number of piperidine rings is 1. The highest BCUT2D eigenvalue weighted by atomic mass is 35.5. The minimum atomic E-state index is -0.416. The van der Waals surface area contributed by atoms with Crippen molar-refractivity contribution < 1.29 is 14.0 Å². The number of nitrogens with two attached hydrogens (primary N) is 1. The molecule has 2 amide bonds. The fourth-order valence-electron chi connectivity index (χ4n) is 4.28. The lowest BCUT2D eigenvalue weighted by atomic mass is 10.0. The van der Waals surface area contributed by atoms with Crippen LogP contribution in [0.4, 0.5) is 14.9 Å². The molecule has 0 spiro atoms. The molecule has 2 aliphatic heterocycles. The Kier molecular flexibility index (Phi) is 6.88. The summed E-state index contributed by atoms with van der Waals surface area (Å²) in [5, 5.41) is 2.59. The number of hydrogen-bond acceptors (Lipinski definition) is 7. The minimum Gasteiger partial charge on any atom is -0.368 e. The molecule has 1 aromatic heterocycles. The monoisotopic (exact) mass is 499 g/mol. The lowest BCUT2D eigenvalue weighted by Gasteiger charge is -2.32. The van der Waals surface area contributed by atoms with E-state index < -0.39 is 11.1 Å². The van der Waals surface area contributed by atoms with Crippen LogP contribution in [0.25, 0.3) is 28.2 Å². The molecule has 34 heavy (non-hydrogen) atoms. The Morgan fingerprint density at radius 3 is 2.74 bits per heavy atom. The van der Waals surface area contributed by atoms with Crippen LogP contribution in [0.15, 0.2) is 41.3 Å². The third kappa shape index (κ3) is 4.77. The van der Waals surface area contributed by atoms with Crippen LogP contribution in [-0.2, 0) is 4.79 Å². The maximum Gasteiger partial charge on any atom is 0.290 e. The molecule has 3 N–H and O–H groups in total. The number of halogens is 2. The molecule has 0 bridgehead atoms. The van der Waals surface area contributed by atoms with E-state index in [1.165, 1.54) is 6.07 Å². The third-order valence-electron chi connectivity index (χ3n) is 5.79. The summed E-state index contributed by atoms with van der Waals surface area (Å²) in [6.07, 6.45) is 3.55. The van der Waals surface area contributed by atoms with Crippen molar-refractivity contribution in [3.63, 3.8) is 0 Å². The van der Waals surface area contributed by atoms with Gasteiger partial charge < -0.3 is 10.6 Å². The molecule has 7 nitrogen and oxygen atoms in total. The van der Waals surface area contributed by atoms with E-state index in [0.717, 1.165) is 42.1 Å². The number of benzene rings is 2. The van der Waals surface area contributed by atoms with Gasteiger partial charge >= 0.3 is 0 Å².